The molecule has 1 aromatic carbocycles. The van der Waals surface area contributed by atoms with Crippen molar-refractivity contribution in [3.05, 3.63) is 47.0 Å². The molecule has 0 saturated carbocycles. The number of aliphatic carboxylic acids is 1. The highest BCUT2D eigenvalue weighted by Gasteiger charge is 2.28. The molecule has 3 N–H and O–H groups in total. The number of rotatable bonds is 6. The molecule has 2 aromatic rings. The number of hydrogen-bond donors (Lipinski definition) is 3. The molecular weight excluding hydrogens is 420 g/mol. The van der Waals surface area contributed by atoms with Crippen molar-refractivity contribution in [1.29, 1.82) is 0 Å². The molecule has 3 rings (SSSR count). The molecule has 0 radical (unpaired) electrons. The minimum Gasteiger partial charge on any atom is -0.504 e. The van der Waals surface area contributed by atoms with E-state index in [0.717, 1.165) is 19.4 Å². The number of carboxylic acids is 1. The van der Waals surface area contributed by atoms with Crippen LogP contribution in [0.5, 0.6) is 5.75 Å². The van der Waals surface area contributed by atoms with Crippen LogP contribution in [0.15, 0.2) is 24.3 Å². The van der Waals surface area contributed by atoms with E-state index in [9.17, 15) is 14.7 Å². The SMILES string of the molecule is Cc1nc(C[C@@H]2CCN(c3ccc(C(C)(C)C)cc3)[C@H](C)C2)nc(C(=O)NCC(=O)O)c1O. The van der Waals surface area contributed by atoms with Crippen molar-refractivity contribution in [2.45, 2.75) is 65.3 Å². The van der Waals surface area contributed by atoms with Crippen LogP contribution < -0.4 is 10.2 Å². The van der Waals surface area contributed by atoms with Gasteiger partial charge in [-0.15, -0.1) is 0 Å². The zero-order chi connectivity index (χ0) is 24.3. The van der Waals surface area contributed by atoms with Gasteiger partial charge in [-0.3, -0.25) is 9.59 Å². The van der Waals surface area contributed by atoms with Crippen molar-refractivity contribution in [2.75, 3.05) is 18.0 Å². The van der Waals surface area contributed by atoms with Gasteiger partial charge in [-0.1, -0.05) is 32.9 Å². The van der Waals surface area contributed by atoms with Crippen LogP contribution in [-0.4, -0.2) is 51.2 Å². The van der Waals surface area contributed by atoms with Gasteiger partial charge >= 0.3 is 5.97 Å². The summed E-state index contributed by atoms with van der Waals surface area (Å²) < 4.78 is 0. The van der Waals surface area contributed by atoms with Crippen molar-refractivity contribution in [3.63, 3.8) is 0 Å². The summed E-state index contributed by atoms with van der Waals surface area (Å²) in [4.78, 5) is 34.1. The smallest absolute Gasteiger partial charge is 0.322 e. The van der Waals surface area contributed by atoms with Gasteiger partial charge in [0.15, 0.2) is 11.4 Å². The Morgan fingerprint density at radius 1 is 1.18 bits per heavy atom. The summed E-state index contributed by atoms with van der Waals surface area (Å²) in [7, 11) is 0. The van der Waals surface area contributed by atoms with E-state index in [1.54, 1.807) is 6.92 Å². The Morgan fingerprint density at radius 3 is 2.42 bits per heavy atom. The number of benzene rings is 1. The average Bonchev–Trinajstić information content (AvgIpc) is 2.74. The molecule has 0 bridgehead atoms. The van der Waals surface area contributed by atoms with E-state index in [1.165, 1.54) is 11.3 Å². The predicted octanol–water partition coefficient (Wildman–Crippen LogP) is 3.45. The first-order chi connectivity index (χ1) is 15.5. The molecule has 0 spiro atoms. The molecule has 1 aliphatic heterocycles. The van der Waals surface area contributed by atoms with Gasteiger partial charge in [-0.05, 0) is 55.7 Å². The van der Waals surface area contributed by atoms with E-state index in [4.69, 9.17) is 5.11 Å². The highest BCUT2D eigenvalue weighted by Crippen LogP contribution is 2.32. The van der Waals surface area contributed by atoms with Gasteiger partial charge in [0.1, 0.15) is 12.4 Å². The summed E-state index contributed by atoms with van der Waals surface area (Å²) in [6, 6.07) is 9.16. The van der Waals surface area contributed by atoms with Gasteiger partial charge in [-0.2, -0.15) is 0 Å². The van der Waals surface area contributed by atoms with Crippen LogP contribution in [0, 0.1) is 12.8 Å². The monoisotopic (exact) mass is 454 g/mol. The maximum absolute atomic E-state index is 12.3. The van der Waals surface area contributed by atoms with Crippen LogP contribution in [0.2, 0.25) is 0 Å². The fourth-order valence-corrected chi connectivity index (χ4v) is 4.36. The summed E-state index contributed by atoms with van der Waals surface area (Å²) in [6.07, 6.45) is 2.53. The third-order valence-electron chi connectivity index (χ3n) is 6.24. The van der Waals surface area contributed by atoms with Gasteiger partial charge in [0, 0.05) is 24.7 Å². The maximum atomic E-state index is 12.3. The van der Waals surface area contributed by atoms with E-state index < -0.39 is 18.4 Å². The normalized spacial score (nSPS) is 18.8. The van der Waals surface area contributed by atoms with Crippen LogP contribution in [0.25, 0.3) is 0 Å². The Balaban J connectivity index is 1.67. The molecule has 2 atom stereocenters. The number of anilines is 1. The second-order valence-corrected chi connectivity index (χ2v) is 9.93. The Morgan fingerprint density at radius 2 is 1.85 bits per heavy atom. The number of amides is 1. The van der Waals surface area contributed by atoms with E-state index >= 15 is 0 Å². The van der Waals surface area contributed by atoms with E-state index in [2.05, 4.69) is 72.1 Å². The van der Waals surface area contributed by atoms with Crippen molar-refractivity contribution >= 4 is 17.6 Å². The number of hydrogen-bond acceptors (Lipinski definition) is 6. The number of aromatic nitrogens is 2. The fraction of sp³-hybridized carbons (Fsp3) is 0.520. The Bertz CT molecular complexity index is 1010. The van der Waals surface area contributed by atoms with Gasteiger partial charge < -0.3 is 20.4 Å². The van der Waals surface area contributed by atoms with Gasteiger partial charge in [0.05, 0.1) is 5.69 Å². The van der Waals surface area contributed by atoms with Gasteiger partial charge in [0.25, 0.3) is 5.91 Å². The molecule has 178 valence electrons. The van der Waals surface area contributed by atoms with Crippen LogP contribution in [-0.2, 0) is 16.6 Å². The molecule has 1 aliphatic rings. The Labute approximate surface area is 195 Å². The highest BCUT2D eigenvalue weighted by molar-refractivity contribution is 5.96. The molecule has 8 nitrogen and oxygen atoms in total. The summed E-state index contributed by atoms with van der Waals surface area (Å²) in [5.74, 6) is -1.36. The van der Waals surface area contributed by atoms with Crippen molar-refractivity contribution in [3.8, 4) is 5.75 Å². The molecule has 1 fully saturated rings. The zero-order valence-electron chi connectivity index (χ0n) is 20.1. The Hall–Kier alpha value is -3.16. The third-order valence-corrected chi connectivity index (χ3v) is 6.24. The van der Waals surface area contributed by atoms with E-state index in [0.29, 0.717) is 29.9 Å². The summed E-state index contributed by atoms with van der Waals surface area (Å²) in [6.45, 7) is 10.9. The van der Waals surface area contributed by atoms with Crippen LogP contribution in [0.4, 0.5) is 5.69 Å². The molecule has 1 aromatic heterocycles. The minimum absolute atomic E-state index is 0.128. The average molecular weight is 455 g/mol. The van der Waals surface area contributed by atoms with E-state index in [-0.39, 0.29) is 16.9 Å². The minimum atomic E-state index is -1.16. The van der Waals surface area contributed by atoms with Gasteiger partial charge in [0.2, 0.25) is 0 Å². The fourth-order valence-electron chi connectivity index (χ4n) is 4.36. The molecule has 0 unspecified atom stereocenters. The quantitative estimate of drug-likeness (QED) is 0.612. The zero-order valence-corrected chi connectivity index (χ0v) is 20.1. The second-order valence-electron chi connectivity index (χ2n) is 9.93. The van der Waals surface area contributed by atoms with Crippen LogP contribution >= 0.6 is 0 Å². The Kier molecular flexibility index (Phi) is 7.25. The number of nitrogens with one attached hydrogen (secondary N) is 1. The summed E-state index contributed by atoms with van der Waals surface area (Å²) in [5, 5.41) is 21.2. The number of aromatic hydroxyl groups is 1. The predicted molar refractivity (Wildman–Crippen MR) is 127 cm³/mol. The number of carboxylic acid groups (broad SMARTS) is 1. The molecule has 2 heterocycles. The van der Waals surface area contributed by atoms with Gasteiger partial charge in [-0.25, -0.2) is 9.97 Å². The lowest BCUT2D eigenvalue weighted by molar-refractivity contribution is -0.135. The lowest BCUT2D eigenvalue weighted by Gasteiger charge is -2.39. The van der Waals surface area contributed by atoms with Crippen LogP contribution in [0.1, 0.15) is 68.1 Å². The number of aryl methyl sites for hydroxylation is 1. The maximum Gasteiger partial charge on any atom is 0.322 e. The molecule has 0 aliphatic carbocycles. The topological polar surface area (TPSA) is 116 Å². The lowest BCUT2D eigenvalue weighted by atomic mass is 9.86. The summed E-state index contributed by atoms with van der Waals surface area (Å²) >= 11 is 0. The third kappa shape index (κ3) is 6.00. The summed E-state index contributed by atoms with van der Waals surface area (Å²) in [5.41, 5.74) is 2.80. The van der Waals surface area contributed by atoms with Crippen molar-refractivity contribution < 1.29 is 19.8 Å². The number of nitrogens with zero attached hydrogens (tertiary/aromatic N) is 3. The largest absolute Gasteiger partial charge is 0.504 e. The lowest BCUT2D eigenvalue weighted by Crippen LogP contribution is -2.41. The van der Waals surface area contributed by atoms with Crippen molar-refractivity contribution in [1.82, 2.24) is 15.3 Å². The molecule has 1 saturated heterocycles. The van der Waals surface area contributed by atoms with Crippen LogP contribution in [0.3, 0.4) is 0 Å². The standard InChI is InChI=1S/C25H34N4O4/c1-15-12-17(10-11-29(15)19-8-6-18(7-9-19)25(3,4)5)13-20-27-16(2)23(32)22(28-20)24(33)26-14-21(30)31/h6-9,15,17,32H,10-14H2,1-5H3,(H,26,33)(H,30,31)/t15-,17-/m1/s1. The highest BCUT2D eigenvalue weighted by atomic mass is 16.4. The molecule has 1 amide bonds. The first kappa shape index (κ1) is 24.5. The number of piperidine rings is 1. The van der Waals surface area contributed by atoms with Crippen molar-refractivity contribution in [2.24, 2.45) is 5.92 Å². The van der Waals surface area contributed by atoms with E-state index in [1.807, 2.05) is 0 Å². The molecule has 33 heavy (non-hydrogen) atoms. The number of carbonyl (C=O) groups excluding carboxylic acids is 1. The molecule has 8 heteroatoms. The second kappa shape index (κ2) is 9.77. The first-order valence-corrected chi connectivity index (χ1v) is 11.4. The number of carbonyl (C=O) groups is 2. The molecular formula is C25H34N4O4. The first-order valence-electron chi connectivity index (χ1n) is 11.4.